The average Bonchev–Trinajstić information content (AvgIpc) is 3.70. The summed E-state index contributed by atoms with van der Waals surface area (Å²) in [5.41, 5.74) is 15.9. The van der Waals surface area contributed by atoms with E-state index in [2.05, 4.69) is 170 Å². The minimum Gasteiger partial charge on any atom is -0.0616 e. The summed E-state index contributed by atoms with van der Waals surface area (Å²) in [5, 5.41) is 13.1. The Balaban J connectivity index is 1.16. The van der Waals surface area contributed by atoms with Crippen LogP contribution in [0.2, 0.25) is 0 Å². The molecule has 12 rings (SSSR count). The van der Waals surface area contributed by atoms with E-state index in [0.717, 1.165) is 0 Å². The van der Waals surface area contributed by atoms with E-state index in [-0.39, 0.29) is 0 Å². The van der Waals surface area contributed by atoms with Gasteiger partial charge in [0.05, 0.1) is 0 Å². The van der Waals surface area contributed by atoms with E-state index in [0.29, 0.717) is 0 Å². The molecular formula is C50H28. The molecule has 0 amide bonds. The monoisotopic (exact) mass is 628 g/mol. The summed E-state index contributed by atoms with van der Waals surface area (Å²) in [6.45, 7) is 0. The van der Waals surface area contributed by atoms with Crippen molar-refractivity contribution in [1.82, 2.24) is 0 Å². The molecule has 0 heterocycles. The molecule has 0 aromatic heterocycles. The predicted molar refractivity (Wildman–Crippen MR) is 214 cm³/mol. The van der Waals surface area contributed by atoms with Gasteiger partial charge in [0.15, 0.2) is 0 Å². The molecule has 0 saturated carbocycles. The van der Waals surface area contributed by atoms with E-state index in [4.69, 9.17) is 0 Å². The molecule has 2 aliphatic rings. The fourth-order valence-corrected chi connectivity index (χ4v) is 9.50. The van der Waals surface area contributed by atoms with Crippen LogP contribution in [0.5, 0.6) is 0 Å². The van der Waals surface area contributed by atoms with Crippen molar-refractivity contribution in [3.63, 3.8) is 0 Å². The van der Waals surface area contributed by atoms with Crippen molar-refractivity contribution >= 4 is 53.9 Å². The van der Waals surface area contributed by atoms with Gasteiger partial charge in [-0.15, -0.1) is 0 Å². The minimum absolute atomic E-state index is 1.25. The first-order valence-corrected chi connectivity index (χ1v) is 17.5. The summed E-state index contributed by atoms with van der Waals surface area (Å²) in [6.07, 6.45) is 0. The highest BCUT2D eigenvalue weighted by atomic mass is 14.3. The zero-order chi connectivity index (χ0) is 32.5. The first kappa shape index (κ1) is 26.5. The van der Waals surface area contributed by atoms with Crippen molar-refractivity contribution < 1.29 is 0 Å². The molecule has 0 N–H and O–H groups in total. The maximum absolute atomic E-state index is 2.44. The molecule has 0 atom stereocenters. The van der Waals surface area contributed by atoms with Crippen LogP contribution in [0.3, 0.4) is 0 Å². The maximum Gasteiger partial charge on any atom is -0.000785 e. The van der Waals surface area contributed by atoms with Gasteiger partial charge in [0.1, 0.15) is 0 Å². The van der Waals surface area contributed by atoms with Crippen LogP contribution in [0.15, 0.2) is 170 Å². The van der Waals surface area contributed by atoms with Gasteiger partial charge in [-0.1, -0.05) is 158 Å². The van der Waals surface area contributed by atoms with Crippen molar-refractivity contribution in [3.8, 4) is 66.8 Å². The van der Waals surface area contributed by atoms with Crippen molar-refractivity contribution in [2.45, 2.75) is 0 Å². The normalized spacial score (nSPS) is 12.4. The number of hydrogen-bond donors (Lipinski definition) is 0. The lowest BCUT2D eigenvalue weighted by molar-refractivity contribution is 1.66. The molecule has 0 spiro atoms. The van der Waals surface area contributed by atoms with E-state index < -0.39 is 0 Å². The molecule has 0 radical (unpaired) electrons. The molecule has 228 valence electrons. The van der Waals surface area contributed by atoms with Gasteiger partial charge in [-0.2, -0.15) is 0 Å². The van der Waals surface area contributed by atoms with Gasteiger partial charge < -0.3 is 0 Å². The number of fused-ring (bicyclic) bond motifs is 11. The van der Waals surface area contributed by atoms with Crippen LogP contribution in [0.4, 0.5) is 0 Å². The topological polar surface area (TPSA) is 0 Å². The van der Waals surface area contributed by atoms with Crippen LogP contribution in [-0.4, -0.2) is 0 Å². The standard InChI is InChI=1S/C50H28/c1-5-15-37-33(11-1)39-19-9-21-41-35-13-3-7-17-43(35)49(47(39)41)45(37)30-25-23-29-24-26-31(28-32(29)27-30)46-38-16-6-2-12-34(38)40-20-10-22-42-36-14-4-8-18-44(36)50(46)48(40)42/h1-28H. The van der Waals surface area contributed by atoms with Crippen molar-refractivity contribution in [1.29, 1.82) is 0 Å². The lowest BCUT2D eigenvalue weighted by Crippen LogP contribution is -1.90. The quantitative estimate of drug-likeness (QED) is 0.167. The van der Waals surface area contributed by atoms with Crippen LogP contribution in [0.1, 0.15) is 0 Å². The van der Waals surface area contributed by atoms with Gasteiger partial charge in [-0.25, -0.2) is 0 Å². The average molecular weight is 629 g/mol. The van der Waals surface area contributed by atoms with Crippen LogP contribution in [-0.2, 0) is 0 Å². The summed E-state index contributed by atoms with van der Waals surface area (Å²) < 4.78 is 0. The summed E-state index contributed by atoms with van der Waals surface area (Å²) in [7, 11) is 0. The second-order valence-corrected chi connectivity index (χ2v) is 13.9. The van der Waals surface area contributed by atoms with Gasteiger partial charge in [0, 0.05) is 0 Å². The Morgan fingerprint density at radius 2 is 0.600 bits per heavy atom. The maximum atomic E-state index is 2.44. The molecule has 0 aliphatic heterocycles. The zero-order valence-electron chi connectivity index (χ0n) is 27.2. The lowest BCUT2D eigenvalue weighted by atomic mass is 9.85. The minimum atomic E-state index is 1.25. The van der Waals surface area contributed by atoms with Crippen LogP contribution >= 0.6 is 0 Å². The fraction of sp³-hybridized carbons (Fsp3) is 0. The fourth-order valence-electron chi connectivity index (χ4n) is 9.50. The van der Waals surface area contributed by atoms with Gasteiger partial charge in [0.2, 0.25) is 0 Å². The zero-order valence-corrected chi connectivity index (χ0v) is 27.2. The Kier molecular flexibility index (Phi) is 5.06. The third kappa shape index (κ3) is 3.31. The molecule has 0 unspecified atom stereocenters. The van der Waals surface area contributed by atoms with Crippen molar-refractivity contribution in [3.05, 3.63) is 170 Å². The predicted octanol–water partition coefficient (Wildman–Crippen LogP) is 14.1. The highest BCUT2D eigenvalue weighted by Crippen LogP contribution is 2.56. The molecule has 2 aliphatic carbocycles. The largest absolute Gasteiger partial charge is 0.0616 e. The second kappa shape index (κ2) is 9.56. The molecule has 0 bridgehead atoms. The third-order valence-corrected chi connectivity index (χ3v) is 11.5. The van der Waals surface area contributed by atoms with Crippen LogP contribution in [0.25, 0.3) is 121 Å². The molecule has 0 saturated heterocycles. The summed E-state index contributed by atoms with van der Waals surface area (Å²) in [4.78, 5) is 0. The Hall–Kier alpha value is -6.50. The Bertz CT molecular complexity index is 2930. The van der Waals surface area contributed by atoms with E-state index in [1.807, 2.05) is 0 Å². The van der Waals surface area contributed by atoms with E-state index in [1.165, 1.54) is 121 Å². The highest BCUT2D eigenvalue weighted by molar-refractivity contribution is 6.30. The lowest BCUT2D eigenvalue weighted by Gasteiger charge is -2.18. The molecule has 0 heteroatoms. The second-order valence-electron chi connectivity index (χ2n) is 13.9. The highest BCUT2D eigenvalue weighted by Gasteiger charge is 2.28. The van der Waals surface area contributed by atoms with Crippen molar-refractivity contribution in [2.75, 3.05) is 0 Å². The first-order valence-electron chi connectivity index (χ1n) is 17.5. The summed E-state index contributed by atoms with van der Waals surface area (Å²) >= 11 is 0. The number of benzene rings is 10. The van der Waals surface area contributed by atoms with Crippen molar-refractivity contribution in [2.24, 2.45) is 0 Å². The molecule has 0 nitrogen and oxygen atoms in total. The Morgan fingerprint density at radius 1 is 0.220 bits per heavy atom. The van der Waals surface area contributed by atoms with Crippen LogP contribution in [0, 0.1) is 0 Å². The van der Waals surface area contributed by atoms with Gasteiger partial charge >= 0.3 is 0 Å². The van der Waals surface area contributed by atoms with E-state index >= 15 is 0 Å². The molecule has 10 aromatic carbocycles. The number of rotatable bonds is 2. The third-order valence-electron chi connectivity index (χ3n) is 11.5. The SMILES string of the molecule is c1ccc2c(c1)-c1cccc3c1c-2c(-c1ccc2ccc(-c4c5c6c(cccc6c6ccccc46)-c4ccccc4-5)cc2c1)c1ccccc13. The van der Waals surface area contributed by atoms with Gasteiger partial charge in [-0.3, -0.25) is 0 Å². The summed E-state index contributed by atoms with van der Waals surface area (Å²) in [5.74, 6) is 0. The molecular weight excluding hydrogens is 601 g/mol. The molecule has 0 fully saturated rings. The molecule has 50 heavy (non-hydrogen) atoms. The Labute approximate surface area is 289 Å². The molecule has 10 aromatic rings. The van der Waals surface area contributed by atoms with Gasteiger partial charge in [-0.05, 0) is 133 Å². The van der Waals surface area contributed by atoms with E-state index in [9.17, 15) is 0 Å². The first-order chi connectivity index (χ1) is 24.8. The van der Waals surface area contributed by atoms with Gasteiger partial charge in [0.25, 0.3) is 0 Å². The van der Waals surface area contributed by atoms with E-state index in [1.54, 1.807) is 0 Å². The Morgan fingerprint density at radius 3 is 1.08 bits per heavy atom. The summed E-state index contributed by atoms with van der Waals surface area (Å²) in [6, 6.07) is 63.7. The van der Waals surface area contributed by atoms with Crippen LogP contribution < -0.4 is 0 Å². The number of hydrogen-bond acceptors (Lipinski definition) is 0. The smallest absolute Gasteiger partial charge is 0.000785 e.